The van der Waals surface area contributed by atoms with Gasteiger partial charge in [0, 0.05) is 10.8 Å². The van der Waals surface area contributed by atoms with Crippen molar-refractivity contribution in [3.05, 3.63) is 84.6 Å². The minimum atomic E-state index is -4.22. The lowest BCUT2D eigenvalue weighted by Crippen LogP contribution is -2.33. The van der Waals surface area contributed by atoms with E-state index in [0.717, 1.165) is 9.87 Å². The predicted molar refractivity (Wildman–Crippen MR) is 138 cm³/mol. The first-order valence-corrected chi connectivity index (χ1v) is 13.8. The van der Waals surface area contributed by atoms with Gasteiger partial charge >= 0.3 is 0 Å². The van der Waals surface area contributed by atoms with Crippen LogP contribution in [-0.4, -0.2) is 42.1 Å². The van der Waals surface area contributed by atoms with Gasteiger partial charge in [-0.25, -0.2) is 26.1 Å². The van der Waals surface area contributed by atoms with Crippen LogP contribution in [0.2, 0.25) is 0 Å². The fourth-order valence-electron chi connectivity index (χ4n) is 3.60. The second-order valence-electron chi connectivity index (χ2n) is 7.88. The molecule has 0 bridgehead atoms. The summed E-state index contributed by atoms with van der Waals surface area (Å²) in [7, 11) is -6.74. The first kappa shape index (κ1) is 25.9. The Bertz CT molecular complexity index is 1640. The lowest BCUT2D eigenvalue weighted by Gasteiger charge is -2.25. The summed E-state index contributed by atoms with van der Waals surface area (Å²) in [5.41, 5.74) is 0.995. The summed E-state index contributed by atoms with van der Waals surface area (Å²) in [6.45, 7) is 1.35. The topological polar surface area (TPSA) is 132 Å². The monoisotopic (exact) mass is 541 g/mol. The molecule has 12 heteroatoms. The van der Waals surface area contributed by atoms with Crippen LogP contribution < -0.4 is 13.8 Å². The van der Waals surface area contributed by atoms with E-state index in [9.17, 15) is 21.6 Å². The second-order valence-corrected chi connectivity index (χ2v) is 11.4. The highest BCUT2D eigenvalue weighted by Gasteiger charge is 2.28. The molecule has 1 heterocycles. The largest absolute Gasteiger partial charge is 0.497 e. The molecule has 192 valence electrons. The van der Waals surface area contributed by atoms with Gasteiger partial charge in [-0.1, -0.05) is 42.0 Å². The molecule has 37 heavy (non-hydrogen) atoms. The Morgan fingerprint density at radius 3 is 2.14 bits per heavy atom. The summed E-state index contributed by atoms with van der Waals surface area (Å²) in [6, 6.07) is 18.6. The normalized spacial score (nSPS) is 11.6. The summed E-state index contributed by atoms with van der Waals surface area (Å²) >= 11 is 0. The van der Waals surface area contributed by atoms with E-state index in [1.807, 2.05) is 6.92 Å². The van der Waals surface area contributed by atoms with Crippen molar-refractivity contribution < 1.29 is 31.1 Å². The molecule has 0 aliphatic heterocycles. The molecule has 4 rings (SSSR count). The van der Waals surface area contributed by atoms with E-state index in [2.05, 4.69) is 9.71 Å². The van der Waals surface area contributed by atoms with Gasteiger partial charge in [0.2, 0.25) is 0 Å². The number of sulfonamides is 2. The van der Waals surface area contributed by atoms with Crippen molar-refractivity contribution in [3.63, 3.8) is 0 Å². The summed E-state index contributed by atoms with van der Waals surface area (Å²) < 4.78 is 66.4. The number of rotatable bonds is 10. The van der Waals surface area contributed by atoms with Crippen LogP contribution in [0.4, 0.5) is 11.5 Å². The first-order valence-electron chi connectivity index (χ1n) is 10.9. The Balaban J connectivity index is 1.81. The Kier molecular flexibility index (Phi) is 7.32. The molecular weight excluding hydrogens is 518 g/mol. The van der Waals surface area contributed by atoms with E-state index < -0.39 is 26.8 Å². The number of carbonyl (C=O) groups is 1. The van der Waals surface area contributed by atoms with E-state index in [4.69, 9.17) is 9.47 Å². The number of hydrogen-bond acceptors (Lipinski definition) is 8. The molecule has 0 fully saturated rings. The van der Waals surface area contributed by atoms with E-state index in [0.29, 0.717) is 16.5 Å². The van der Waals surface area contributed by atoms with Gasteiger partial charge in [0.25, 0.3) is 26.5 Å². The van der Waals surface area contributed by atoms with Crippen molar-refractivity contribution in [1.29, 1.82) is 0 Å². The molecule has 0 unspecified atom stereocenters. The maximum atomic E-state index is 13.6. The van der Waals surface area contributed by atoms with Gasteiger partial charge in [0.05, 0.1) is 28.8 Å². The Morgan fingerprint density at radius 1 is 0.892 bits per heavy atom. The molecule has 0 radical (unpaired) electrons. The number of pyridine rings is 1. The van der Waals surface area contributed by atoms with Gasteiger partial charge in [-0.2, -0.15) is 0 Å². The van der Waals surface area contributed by atoms with Crippen molar-refractivity contribution in [2.45, 2.75) is 16.7 Å². The highest BCUT2D eigenvalue weighted by Crippen LogP contribution is 2.34. The number of aromatic nitrogens is 1. The van der Waals surface area contributed by atoms with Crippen LogP contribution in [0.5, 0.6) is 5.75 Å². The number of nitrogens with one attached hydrogen (secondary N) is 1. The summed E-state index contributed by atoms with van der Waals surface area (Å²) in [4.78, 5) is 15.2. The van der Waals surface area contributed by atoms with E-state index in [1.54, 1.807) is 36.4 Å². The fourth-order valence-corrected chi connectivity index (χ4v) is 5.97. The smallest absolute Gasteiger partial charge is 0.294 e. The third kappa shape index (κ3) is 5.34. The van der Waals surface area contributed by atoms with Crippen LogP contribution in [0.3, 0.4) is 0 Å². The van der Waals surface area contributed by atoms with Crippen LogP contribution in [-0.2, 0) is 29.6 Å². The Morgan fingerprint density at radius 2 is 1.51 bits per heavy atom. The van der Waals surface area contributed by atoms with Crippen LogP contribution >= 0.6 is 0 Å². The number of ether oxygens (including phenoxy) is 2. The maximum absolute atomic E-state index is 13.6. The summed E-state index contributed by atoms with van der Waals surface area (Å²) in [5.74, 6) is 0.477. The van der Waals surface area contributed by atoms with Gasteiger partial charge in [0.15, 0.2) is 6.73 Å². The van der Waals surface area contributed by atoms with Gasteiger partial charge in [-0.3, -0.25) is 9.52 Å². The zero-order chi connectivity index (χ0) is 26.6. The van der Waals surface area contributed by atoms with E-state index >= 15 is 0 Å². The molecule has 0 spiro atoms. The lowest BCUT2D eigenvalue weighted by molar-refractivity contribution is -0.128. The Hall–Kier alpha value is -4.16. The zero-order valence-electron chi connectivity index (χ0n) is 19.9. The van der Waals surface area contributed by atoms with E-state index in [1.165, 1.54) is 49.7 Å². The van der Waals surface area contributed by atoms with Crippen molar-refractivity contribution >= 4 is 48.8 Å². The van der Waals surface area contributed by atoms with Gasteiger partial charge in [-0.15, -0.1) is 0 Å². The molecule has 3 aromatic carbocycles. The van der Waals surface area contributed by atoms with Crippen LogP contribution in [0, 0.1) is 6.92 Å². The number of aryl methyl sites for hydroxylation is 1. The maximum Gasteiger partial charge on any atom is 0.294 e. The molecular formula is C25H23N3O7S2. The first-order chi connectivity index (χ1) is 17.7. The fraction of sp³-hybridized carbons (Fsp3) is 0.120. The molecule has 1 N–H and O–H groups in total. The molecule has 1 aromatic heterocycles. The molecule has 0 saturated carbocycles. The minimum Gasteiger partial charge on any atom is -0.497 e. The lowest BCUT2D eigenvalue weighted by atomic mass is 10.1. The molecule has 4 aromatic rings. The average molecular weight is 542 g/mol. The molecule has 0 saturated heterocycles. The molecule has 0 aliphatic carbocycles. The number of carbonyl (C=O) groups excluding carboxylic acids is 1. The summed E-state index contributed by atoms with van der Waals surface area (Å²) in [6.07, 6.45) is 1.21. The van der Waals surface area contributed by atoms with Crippen molar-refractivity contribution in [3.8, 4) is 5.75 Å². The van der Waals surface area contributed by atoms with Crippen molar-refractivity contribution in [2.24, 2.45) is 0 Å². The van der Waals surface area contributed by atoms with E-state index in [-0.39, 0.29) is 27.8 Å². The number of fused-ring (bicyclic) bond motifs is 1. The van der Waals surface area contributed by atoms with Crippen LogP contribution in [0.1, 0.15) is 5.56 Å². The number of anilines is 2. The highest BCUT2D eigenvalue weighted by molar-refractivity contribution is 7.93. The number of nitrogens with zero attached hydrogens (tertiary/aromatic N) is 2. The van der Waals surface area contributed by atoms with Gasteiger partial charge in [-0.05, 0) is 43.3 Å². The number of benzene rings is 3. The molecule has 10 nitrogen and oxygen atoms in total. The minimum absolute atomic E-state index is 0.0121. The average Bonchev–Trinajstić information content (AvgIpc) is 2.90. The van der Waals surface area contributed by atoms with Gasteiger partial charge in [0.1, 0.15) is 11.6 Å². The number of hydrogen-bond donors (Lipinski definition) is 1. The molecule has 0 aliphatic rings. The predicted octanol–water partition coefficient (Wildman–Crippen LogP) is 3.68. The van der Waals surface area contributed by atoms with Crippen LogP contribution in [0.15, 0.2) is 88.8 Å². The Labute approximate surface area is 214 Å². The standard InChI is InChI=1S/C25H23N3O7S2/c1-18-7-11-20(12-8-18)36(30,31)27-25-23-6-4-3-5-22(23)24(15-26-25)28(16-35-17-29)37(32,33)21-13-9-19(34-2)10-14-21/h3-15,17H,16H2,1-2H3,(H,26,27). The highest BCUT2D eigenvalue weighted by atomic mass is 32.2. The summed E-state index contributed by atoms with van der Waals surface area (Å²) in [5, 5.41) is 0.711. The SMILES string of the molecule is COc1ccc(S(=O)(=O)N(COC=O)c2cnc(NS(=O)(=O)c3ccc(C)cc3)c3ccccc23)cc1. The second kappa shape index (κ2) is 10.4. The zero-order valence-corrected chi connectivity index (χ0v) is 21.5. The molecule has 0 amide bonds. The van der Waals surface area contributed by atoms with Crippen LogP contribution in [0.25, 0.3) is 10.8 Å². The van der Waals surface area contributed by atoms with Gasteiger partial charge < -0.3 is 9.47 Å². The number of methoxy groups -OCH3 is 1. The third-order valence-corrected chi connectivity index (χ3v) is 8.62. The quantitative estimate of drug-likeness (QED) is 0.238. The van der Waals surface area contributed by atoms with Crippen molar-refractivity contribution in [1.82, 2.24) is 4.98 Å². The van der Waals surface area contributed by atoms with Crippen molar-refractivity contribution in [2.75, 3.05) is 22.9 Å². The third-order valence-electron chi connectivity index (χ3n) is 5.51. The molecule has 0 atom stereocenters.